The van der Waals surface area contributed by atoms with Crippen molar-refractivity contribution in [1.29, 1.82) is 0 Å². The third-order valence-electron chi connectivity index (χ3n) is 4.04. The van der Waals surface area contributed by atoms with E-state index in [2.05, 4.69) is 15.6 Å². The monoisotopic (exact) mass is 328 g/mol. The summed E-state index contributed by atoms with van der Waals surface area (Å²) in [7, 11) is 1.69. The normalized spacial score (nSPS) is 15.0. The zero-order chi connectivity index (χ0) is 16.9. The van der Waals surface area contributed by atoms with Gasteiger partial charge in [0.25, 0.3) is 5.91 Å². The van der Waals surface area contributed by atoms with Gasteiger partial charge in [-0.3, -0.25) is 9.48 Å². The topological polar surface area (TPSA) is 86.1 Å². The molecule has 0 radical (unpaired) electrons. The fraction of sp³-hybridized carbons (Fsp3) is 0.412. The molecular weight excluding hydrogens is 308 g/mol. The van der Waals surface area contributed by atoms with Crippen molar-refractivity contribution in [2.45, 2.75) is 38.2 Å². The zero-order valence-electron chi connectivity index (χ0n) is 13.6. The molecule has 24 heavy (non-hydrogen) atoms. The number of ether oxygens (including phenoxy) is 1. The number of nitrogens with one attached hydrogen (secondary N) is 1. The number of hydrogen-bond acceptors (Lipinski definition) is 5. The van der Waals surface area contributed by atoms with Gasteiger partial charge in [0.05, 0.1) is 11.8 Å². The van der Waals surface area contributed by atoms with E-state index in [-0.39, 0.29) is 23.7 Å². The molecular formula is C17H20N4O3. The van der Waals surface area contributed by atoms with Crippen LogP contribution in [0.4, 0.5) is 5.69 Å². The predicted molar refractivity (Wildman–Crippen MR) is 87.7 cm³/mol. The lowest BCUT2D eigenvalue weighted by Crippen LogP contribution is -2.21. The molecule has 1 aromatic carbocycles. The van der Waals surface area contributed by atoms with Gasteiger partial charge in [-0.05, 0) is 49.9 Å². The molecule has 1 aromatic heterocycles. The Hall–Kier alpha value is -2.70. The van der Waals surface area contributed by atoms with Crippen LogP contribution in [0.5, 0.6) is 0 Å². The number of anilines is 1. The number of rotatable bonds is 4. The Balaban J connectivity index is 1.58. The van der Waals surface area contributed by atoms with Gasteiger partial charge in [-0.15, -0.1) is 5.10 Å². The number of carbonyl (C=O) groups is 2. The first-order valence-electron chi connectivity index (χ1n) is 8.10. The molecule has 0 spiro atoms. The van der Waals surface area contributed by atoms with Crippen molar-refractivity contribution >= 4 is 17.6 Å². The molecule has 0 bridgehead atoms. The second kappa shape index (κ2) is 7.25. The van der Waals surface area contributed by atoms with Crippen molar-refractivity contribution in [2.75, 3.05) is 5.32 Å². The number of amides is 1. The first-order valence-corrected chi connectivity index (χ1v) is 8.10. The third-order valence-corrected chi connectivity index (χ3v) is 4.04. The number of carbonyl (C=O) groups excluding carboxylic acids is 2. The molecule has 2 aromatic rings. The Morgan fingerprint density at radius 1 is 1.17 bits per heavy atom. The van der Waals surface area contributed by atoms with Crippen LogP contribution < -0.4 is 5.32 Å². The molecule has 1 amide bonds. The summed E-state index contributed by atoms with van der Waals surface area (Å²) in [4.78, 5) is 24.1. The standard InChI is InChI=1S/C17H20N4O3/c1-21-11-15(19-20-21)16(22)18-13-9-7-12(8-10-13)17(23)24-14-5-3-2-4-6-14/h7-11,14H,2-6H2,1H3,(H,18,22). The summed E-state index contributed by atoms with van der Waals surface area (Å²) in [5.74, 6) is -0.658. The first kappa shape index (κ1) is 16.2. The van der Waals surface area contributed by atoms with E-state index in [4.69, 9.17) is 4.74 Å². The first-order chi connectivity index (χ1) is 11.6. The van der Waals surface area contributed by atoms with Gasteiger partial charge >= 0.3 is 5.97 Å². The van der Waals surface area contributed by atoms with Crippen LogP contribution in [0.15, 0.2) is 30.5 Å². The number of aromatic nitrogens is 3. The average molecular weight is 328 g/mol. The van der Waals surface area contributed by atoms with Crippen molar-refractivity contribution in [3.8, 4) is 0 Å². The summed E-state index contributed by atoms with van der Waals surface area (Å²) in [5.41, 5.74) is 1.30. The minimum Gasteiger partial charge on any atom is -0.459 e. The van der Waals surface area contributed by atoms with Gasteiger partial charge in [0.2, 0.25) is 0 Å². The average Bonchev–Trinajstić information content (AvgIpc) is 3.03. The summed E-state index contributed by atoms with van der Waals surface area (Å²) in [6, 6.07) is 6.65. The molecule has 1 aliphatic rings. The molecule has 0 saturated heterocycles. The number of hydrogen-bond donors (Lipinski definition) is 1. The third kappa shape index (κ3) is 3.98. The molecule has 1 heterocycles. The van der Waals surface area contributed by atoms with Gasteiger partial charge in [0.15, 0.2) is 5.69 Å². The van der Waals surface area contributed by atoms with Crippen LogP contribution in [0.1, 0.15) is 53.0 Å². The molecule has 126 valence electrons. The van der Waals surface area contributed by atoms with Crippen molar-refractivity contribution in [2.24, 2.45) is 7.05 Å². The fourth-order valence-electron chi connectivity index (χ4n) is 2.74. The molecule has 0 atom stereocenters. The lowest BCUT2D eigenvalue weighted by Gasteiger charge is -2.21. The van der Waals surface area contributed by atoms with Crippen LogP contribution in [-0.4, -0.2) is 33.0 Å². The van der Waals surface area contributed by atoms with Gasteiger partial charge in [-0.2, -0.15) is 0 Å². The Bertz CT molecular complexity index is 718. The van der Waals surface area contributed by atoms with Crippen LogP contribution in [0.2, 0.25) is 0 Å². The SMILES string of the molecule is Cn1cc(C(=O)Nc2ccc(C(=O)OC3CCCCC3)cc2)nn1. The largest absolute Gasteiger partial charge is 0.459 e. The lowest BCUT2D eigenvalue weighted by atomic mass is 9.98. The summed E-state index contributed by atoms with van der Waals surface area (Å²) in [6.45, 7) is 0. The highest BCUT2D eigenvalue weighted by molar-refractivity contribution is 6.02. The highest BCUT2D eigenvalue weighted by Crippen LogP contribution is 2.21. The van der Waals surface area contributed by atoms with E-state index in [1.807, 2.05) is 0 Å². The van der Waals surface area contributed by atoms with Crippen molar-refractivity contribution in [3.05, 3.63) is 41.7 Å². The zero-order valence-corrected chi connectivity index (χ0v) is 13.6. The van der Waals surface area contributed by atoms with E-state index in [1.54, 1.807) is 31.3 Å². The molecule has 1 aliphatic carbocycles. The van der Waals surface area contributed by atoms with E-state index in [9.17, 15) is 9.59 Å². The summed E-state index contributed by atoms with van der Waals surface area (Å²) in [5, 5.41) is 10.2. The van der Waals surface area contributed by atoms with Crippen LogP contribution >= 0.6 is 0 Å². The Morgan fingerprint density at radius 3 is 2.50 bits per heavy atom. The van der Waals surface area contributed by atoms with Crippen LogP contribution in [-0.2, 0) is 11.8 Å². The summed E-state index contributed by atoms with van der Waals surface area (Å²) in [6.07, 6.45) is 6.90. The maximum atomic E-state index is 12.1. The number of benzene rings is 1. The predicted octanol–water partition coefficient (Wildman–Crippen LogP) is 2.56. The smallest absolute Gasteiger partial charge is 0.338 e. The molecule has 1 saturated carbocycles. The molecule has 7 nitrogen and oxygen atoms in total. The molecule has 0 aliphatic heterocycles. The highest BCUT2D eigenvalue weighted by atomic mass is 16.5. The Morgan fingerprint density at radius 2 is 1.88 bits per heavy atom. The number of aryl methyl sites for hydroxylation is 1. The minimum absolute atomic E-state index is 0.0299. The van der Waals surface area contributed by atoms with Gasteiger partial charge in [-0.25, -0.2) is 4.79 Å². The van der Waals surface area contributed by atoms with Gasteiger partial charge in [0.1, 0.15) is 6.10 Å². The van der Waals surface area contributed by atoms with Crippen molar-refractivity contribution < 1.29 is 14.3 Å². The quantitative estimate of drug-likeness (QED) is 0.872. The molecule has 1 fully saturated rings. The van der Waals surface area contributed by atoms with E-state index < -0.39 is 0 Å². The molecule has 0 unspecified atom stereocenters. The molecule has 1 N–H and O–H groups in total. The fourth-order valence-corrected chi connectivity index (χ4v) is 2.74. The minimum atomic E-state index is -0.347. The Kier molecular flexibility index (Phi) is 4.88. The molecule has 3 rings (SSSR count). The van der Waals surface area contributed by atoms with Crippen molar-refractivity contribution in [1.82, 2.24) is 15.0 Å². The lowest BCUT2D eigenvalue weighted by molar-refractivity contribution is 0.0211. The van der Waals surface area contributed by atoms with E-state index in [0.29, 0.717) is 11.3 Å². The highest BCUT2D eigenvalue weighted by Gasteiger charge is 2.18. The van der Waals surface area contributed by atoms with Crippen LogP contribution in [0, 0.1) is 0 Å². The summed E-state index contributed by atoms with van der Waals surface area (Å²) < 4.78 is 6.98. The van der Waals surface area contributed by atoms with Gasteiger partial charge in [-0.1, -0.05) is 11.6 Å². The number of esters is 1. The van der Waals surface area contributed by atoms with Gasteiger partial charge < -0.3 is 10.1 Å². The van der Waals surface area contributed by atoms with Crippen LogP contribution in [0.3, 0.4) is 0 Å². The van der Waals surface area contributed by atoms with E-state index >= 15 is 0 Å². The Labute approximate surface area is 140 Å². The van der Waals surface area contributed by atoms with Gasteiger partial charge in [0, 0.05) is 12.7 Å². The maximum absolute atomic E-state index is 12.1. The maximum Gasteiger partial charge on any atom is 0.338 e. The van der Waals surface area contributed by atoms with E-state index in [0.717, 1.165) is 25.7 Å². The summed E-state index contributed by atoms with van der Waals surface area (Å²) >= 11 is 0. The number of nitrogens with zero attached hydrogens (tertiary/aromatic N) is 3. The molecule has 7 heteroatoms. The van der Waals surface area contributed by atoms with E-state index in [1.165, 1.54) is 17.3 Å². The van der Waals surface area contributed by atoms with Crippen LogP contribution in [0.25, 0.3) is 0 Å². The van der Waals surface area contributed by atoms with Crippen molar-refractivity contribution in [3.63, 3.8) is 0 Å². The second-order valence-electron chi connectivity index (χ2n) is 5.97. The second-order valence-corrected chi connectivity index (χ2v) is 5.97.